The lowest BCUT2D eigenvalue weighted by molar-refractivity contribution is -0.117. The Balaban J connectivity index is 2.11. The van der Waals surface area contributed by atoms with E-state index in [1.165, 1.54) is 0 Å². The second kappa shape index (κ2) is 6.18. The molecule has 1 aliphatic heterocycles. The number of para-hydroxylation sites is 1. The molecule has 0 unspecified atom stereocenters. The van der Waals surface area contributed by atoms with Crippen molar-refractivity contribution in [1.82, 2.24) is 5.32 Å². The molecule has 1 aromatic rings. The number of nitrogens with one attached hydrogen (secondary N) is 1. The van der Waals surface area contributed by atoms with E-state index in [0.717, 1.165) is 30.6 Å². The standard InChI is InChI=1S/C14H17N3O/c15-8-4-1-5-9-17-13-7-3-2-6-12(13)10-16-11-14(17)18/h2-3,6-7,16H,1,4-5,9-11H2. The molecule has 1 amide bonds. The summed E-state index contributed by atoms with van der Waals surface area (Å²) in [5, 5.41) is 11.7. The van der Waals surface area contributed by atoms with Crippen LogP contribution in [-0.2, 0) is 11.3 Å². The highest BCUT2D eigenvalue weighted by molar-refractivity contribution is 5.96. The van der Waals surface area contributed by atoms with E-state index in [0.29, 0.717) is 19.5 Å². The lowest BCUT2D eigenvalue weighted by Crippen LogP contribution is -2.36. The highest BCUT2D eigenvalue weighted by Gasteiger charge is 2.20. The number of carbonyl (C=O) groups excluding carboxylic acids is 1. The molecule has 2 rings (SSSR count). The average molecular weight is 243 g/mol. The number of unbranched alkanes of at least 4 members (excludes halogenated alkanes) is 2. The van der Waals surface area contributed by atoms with E-state index >= 15 is 0 Å². The molecule has 4 heteroatoms. The Kier molecular flexibility index (Phi) is 4.32. The molecule has 0 aromatic heterocycles. The molecule has 1 aliphatic rings. The van der Waals surface area contributed by atoms with Gasteiger partial charge in [0.05, 0.1) is 12.6 Å². The Bertz CT molecular complexity index is 464. The molecule has 0 fully saturated rings. The Hall–Kier alpha value is -1.86. The highest BCUT2D eigenvalue weighted by atomic mass is 16.2. The van der Waals surface area contributed by atoms with Crippen molar-refractivity contribution in [2.24, 2.45) is 0 Å². The fourth-order valence-corrected chi connectivity index (χ4v) is 2.18. The SMILES string of the molecule is N#CCCCCN1C(=O)CNCc2ccccc21. The summed E-state index contributed by atoms with van der Waals surface area (Å²) in [4.78, 5) is 13.9. The van der Waals surface area contributed by atoms with E-state index < -0.39 is 0 Å². The van der Waals surface area contributed by atoms with Gasteiger partial charge in [-0.05, 0) is 24.5 Å². The van der Waals surface area contributed by atoms with Gasteiger partial charge in [0, 0.05) is 25.2 Å². The van der Waals surface area contributed by atoms with Crippen LogP contribution in [0, 0.1) is 11.3 Å². The first kappa shape index (κ1) is 12.6. The van der Waals surface area contributed by atoms with Crippen LogP contribution in [-0.4, -0.2) is 19.0 Å². The van der Waals surface area contributed by atoms with Crippen LogP contribution in [0.3, 0.4) is 0 Å². The Morgan fingerprint density at radius 3 is 2.94 bits per heavy atom. The van der Waals surface area contributed by atoms with Gasteiger partial charge < -0.3 is 10.2 Å². The van der Waals surface area contributed by atoms with Gasteiger partial charge in [0.25, 0.3) is 0 Å². The van der Waals surface area contributed by atoms with Crippen molar-refractivity contribution in [3.05, 3.63) is 29.8 Å². The number of rotatable bonds is 4. The fraction of sp³-hybridized carbons (Fsp3) is 0.429. The summed E-state index contributed by atoms with van der Waals surface area (Å²) in [5.74, 6) is 0.108. The molecule has 0 saturated heterocycles. The first-order valence-corrected chi connectivity index (χ1v) is 6.29. The molecule has 0 radical (unpaired) electrons. The molecular weight excluding hydrogens is 226 g/mol. The van der Waals surface area contributed by atoms with Gasteiger partial charge in [-0.2, -0.15) is 5.26 Å². The van der Waals surface area contributed by atoms with Crippen molar-refractivity contribution in [3.8, 4) is 6.07 Å². The minimum atomic E-state index is 0.108. The summed E-state index contributed by atoms with van der Waals surface area (Å²) < 4.78 is 0. The number of nitrogens with zero attached hydrogens (tertiary/aromatic N) is 2. The van der Waals surface area contributed by atoms with E-state index in [2.05, 4.69) is 11.4 Å². The number of hydrogen-bond acceptors (Lipinski definition) is 3. The van der Waals surface area contributed by atoms with Crippen molar-refractivity contribution >= 4 is 11.6 Å². The van der Waals surface area contributed by atoms with Crippen molar-refractivity contribution in [3.63, 3.8) is 0 Å². The number of hydrogen-bond donors (Lipinski definition) is 1. The van der Waals surface area contributed by atoms with Crippen molar-refractivity contribution < 1.29 is 4.79 Å². The number of nitriles is 1. The number of amides is 1. The Morgan fingerprint density at radius 2 is 2.11 bits per heavy atom. The molecule has 1 aromatic carbocycles. The van der Waals surface area contributed by atoms with Gasteiger partial charge in [-0.3, -0.25) is 4.79 Å². The first-order valence-electron chi connectivity index (χ1n) is 6.29. The quantitative estimate of drug-likeness (QED) is 0.821. The maximum Gasteiger partial charge on any atom is 0.240 e. The third-order valence-corrected chi connectivity index (χ3v) is 3.10. The van der Waals surface area contributed by atoms with Crippen LogP contribution in [0.4, 0.5) is 5.69 Å². The van der Waals surface area contributed by atoms with Gasteiger partial charge in [-0.25, -0.2) is 0 Å². The van der Waals surface area contributed by atoms with E-state index in [1.807, 2.05) is 29.2 Å². The van der Waals surface area contributed by atoms with Crippen LogP contribution < -0.4 is 10.2 Å². The third kappa shape index (κ3) is 2.88. The number of carbonyl (C=O) groups is 1. The second-order valence-corrected chi connectivity index (χ2v) is 4.39. The van der Waals surface area contributed by atoms with Gasteiger partial charge >= 0.3 is 0 Å². The monoisotopic (exact) mass is 243 g/mol. The van der Waals surface area contributed by atoms with E-state index in [-0.39, 0.29) is 5.91 Å². The molecule has 1 N–H and O–H groups in total. The number of fused-ring (bicyclic) bond motifs is 1. The zero-order chi connectivity index (χ0) is 12.8. The zero-order valence-electron chi connectivity index (χ0n) is 10.4. The normalized spacial score (nSPS) is 14.8. The molecule has 0 aliphatic carbocycles. The lowest BCUT2D eigenvalue weighted by atomic mass is 10.1. The van der Waals surface area contributed by atoms with Gasteiger partial charge in [0.1, 0.15) is 0 Å². The average Bonchev–Trinajstić information content (AvgIpc) is 2.54. The zero-order valence-corrected chi connectivity index (χ0v) is 10.4. The first-order chi connectivity index (χ1) is 8.83. The Labute approximate surface area is 107 Å². The third-order valence-electron chi connectivity index (χ3n) is 3.10. The molecular formula is C14H17N3O. The van der Waals surface area contributed by atoms with Crippen molar-refractivity contribution in [2.75, 3.05) is 18.0 Å². The molecule has 4 nitrogen and oxygen atoms in total. The van der Waals surface area contributed by atoms with E-state index in [9.17, 15) is 4.79 Å². The van der Waals surface area contributed by atoms with E-state index in [4.69, 9.17) is 5.26 Å². The topological polar surface area (TPSA) is 56.1 Å². The molecule has 0 bridgehead atoms. The molecule has 0 atom stereocenters. The summed E-state index contributed by atoms with van der Waals surface area (Å²) in [5.41, 5.74) is 2.16. The highest BCUT2D eigenvalue weighted by Crippen LogP contribution is 2.22. The van der Waals surface area contributed by atoms with Crippen LogP contribution in [0.1, 0.15) is 24.8 Å². The maximum absolute atomic E-state index is 12.0. The minimum Gasteiger partial charge on any atom is -0.311 e. The van der Waals surface area contributed by atoms with Crippen LogP contribution in [0.5, 0.6) is 0 Å². The molecule has 0 saturated carbocycles. The fourth-order valence-electron chi connectivity index (χ4n) is 2.18. The second-order valence-electron chi connectivity index (χ2n) is 4.39. The molecule has 18 heavy (non-hydrogen) atoms. The van der Waals surface area contributed by atoms with Crippen LogP contribution >= 0.6 is 0 Å². The van der Waals surface area contributed by atoms with Gasteiger partial charge in [0.15, 0.2) is 0 Å². The lowest BCUT2D eigenvalue weighted by Gasteiger charge is -2.22. The van der Waals surface area contributed by atoms with Crippen LogP contribution in [0.2, 0.25) is 0 Å². The smallest absolute Gasteiger partial charge is 0.240 e. The maximum atomic E-state index is 12.0. The summed E-state index contributed by atoms with van der Waals surface area (Å²) in [6.07, 6.45) is 2.27. The van der Waals surface area contributed by atoms with Crippen molar-refractivity contribution in [2.45, 2.75) is 25.8 Å². The van der Waals surface area contributed by atoms with E-state index in [1.54, 1.807) is 0 Å². The largest absolute Gasteiger partial charge is 0.311 e. The number of benzene rings is 1. The molecule has 1 heterocycles. The number of anilines is 1. The summed E-state index contributed by atoms with van der Waals surface area (Å²) in [6.45, 7) is 1.81. The summed E-state index contributed by atoms with van der Waals surface area (Å²) >= 11 is 0. The van der Waals surface area contributed by atoms with Crippen LogP contribution in [0.15, 0.2) is 24.3 Å². The van der Waals surface area contributed by atoms with Gasteiger partial charge in [-0.1, -0.05) is 18.2 Å². The predicted octanol–water partition coefficient (Wildman–Crippen LogP) is 1.82. The minimum absolute atomic E-state index is 0.108. The Morgan fingerprint density at radius 1 is 1.28 bits per heavy atom. The molecule has 94 valence electrons. The summed E-state index contributed by atoms with van der Waals surface area (Å²) in [6, 6.07) is 10.1. The van der Waals surface area contributed by atoms with Gasteiger partial charge in [-0.15, -0.1) is 0 Å². The van der Waals surface area contributed by atoms with Crippen LogP contribution in [0.25, 0.3) is 0 Å². The summed E-state index contributed by atoms with van der Waals surface area (Å²) in [7, 11) is 0. The predicted molar refractivity (Wildman–Crippen MR) is 70.0 cm³/mol. The van der Waals surface area contributed by atoms with Crippen molar-refractivity contribution in [1.29, 1.82) is 5.26 Å². The van der Waals surface area contributed by atoms with Gasteiger partial charge in [0.2, 0.25) is 5.91 Å². The molecule has 0 spiro atoms.